The molecule has 2 rings (SSSR count). The summed E-state index contributed by atoms with van der Waals surface area (Å²) in [6.07, 6.45) is 1.30. The van der Waals surface area contributed by atoms with Crippen LogP contribution >= 0.6 is 15.9 Å². The fourth-order valence-corrected chi connectivity index (χ4v) is 2.32. The lowest BCUT2D eigenvalue weighted by atomic mass is 10.0. The van der Waals surface area contributed by atoms with E-state index in [2.05, 4.69) is 15.9 Å². The third-order valence-corrected chi connectivity index (χ3v) is 3.60. The van der Waals surface area contributed by atoms with Gasteiger partial charge in [-0.2, -0.15) is 0 Å². The first kappa shape index (κ1) is 14.9. The van der Waals surface area contributed by atoms with Crippen LogP contribution in [0.4, 0.5) is 11.4 Å². The topological polar surface area (TPSA) is 116 Å². The average molecular weight is 355 g/mol. The van der Waals surface area contributed by atoms with Crippen molar-refractivity contribution in [2.45, 2.75) is 4.83 Å². The summed E-state index contributed by atoms with van der Waals surface area (Å²) in [5.74, 6) is -0.485. The van der Waals surface area contributed by atoms with Crippen molar-refractivity contribution >= 4 is 33.1 Å². The van der Waals surface area contributed by atoms with Crippen LogP contribution in [0.25, 0.3) is 0 Å². The van der Waals surface area contributed by atoms with Gasteiger partial charge in [0.2, 0.25) is 5.78 Å². The van der Waals surface area contributed by atoms with Gasteiger partial charge in [0.25, 0.3) is 11.4 Å². The number of hydrogen-bond acceptors (Lipinski definition) is 6. The summed E-state index contributed by atoms with van der Waals surface area (Å²) in [6, 6.07) is 6.03. The minimum atomic E-state index is -1.04. The highest BCUT2D eigenvalue weighted by molar-refractivity contribution is 9.09. The fraction of sp³-hybridized carbons (Fsp3) is 0.0833. The van der Waals surface area contributed by atoms with E-state index in [9.17, 15) is 25.0 Å². The predicted octanol–water partition coefficient (Wildman–Crippen LogP) is 3.41. The number of ketones is 1. The number of rotatable bonds is 5. The molecule has 108 valence electrons. The number of halogens is 1. The van der Waals surface area contributed by atoms with Crippen molar-refractivity contribution in [3.63, 3.8) is 0 Å². The molecule has 1 heterocycles. The summed E-state index contributed by atoms with van der Waals surface area (Å²) >= 11 is 3.07. The second-order valence-corrected chi connectivity index (χ2v) is 4.88. The van der Waals surface area contributed by atoms with Crippen molar-refractivity contribution in [2.75, 3.05) is 0 Å². The van der Waals surface area contributed by atoms with E-state index in [1.807, 2.05) is 0 Å². The Kier molecular flexibility index (Phi) is 4.13. The number of nitro groups is 2. The highest BCUT2D eigenvalue weighted by Crippen LogP contribution is 2.35. The van der Waals surface area contributed by atoms with Crippen molar-refractivity contribution in [1.82, 2.24) is 0 Å². The third-order valence-electron chi connectivity index (χ3n) is 2.69. The number of non-ortho nitro benzene ring substituents is 1. The molecule has 0 N–H and O–H groups in total. The summed E-state index contributed by atoms with van der Waals surface area (Å²) in [6.45, 7) is 0. The molecule has 1 aromatic carbocycles. The van der Waals surface area contributed by atoms with E-state index in [4.69, 9.17) is 4.42 Å². The van der Waals surface area contributed by atoms with Gasteiger partial charge in [-0.25, -0.2) is 0 Å². The molecule has 0 amide bonds. The van der Waals surface area contributed by atoms with Crippen molar-refractivity contribution < 1.29 is 19.1 Å². The third kappa shape index (κ3) is 2.97. The number of nitro benzene ring substituents is 2. The number of Topliss-reactive ketones (excluding diaryl/α,β-unsaturated/α-hetero) is 1. The first-order valence-corrected chi connectivity index (χ1v) is 6.48. The highest BCUT2D eigenvalue weighted by Gasteiger charge is 2.29. The Hall–Kier alpha value is -2.55. The van der Waals surface area contributed by atoms with Crippen LogP contribution in [0.15, 0.2) is 41.0 Å². The quantitative estimate of drug-likeness (QED) is 0.351. The molecule has 0 aliphatic heterocycles. The molecule has 1 atom stereocenters. The van der Waals surface area contributed by atoms with Gasteiger partial charge in [0, 0.05) is 6.07 Å². The Bertz CT molecular complexity index is 713. The number of carbonyl (C=O) groups excluding carboxylic acids is 1. The van der Waals surface area contributed by atoms with Gasteiger partial charge >= 0.3 is 0 Å². The molecule has 8 nitrogen and oxygen atoms in total. The molecule has 21 heavy (non-hydrogen) atoms. The zero-order valence-corrected chi connectivity index (χ0v) is 11.8. The van der Waals surface area contributed by atoms with Gasteiger partial charge in [-0.15, -0.1) is 0 Å². The normalized spacial score (nSPS) is 11.9. The van der Waals surface area contributed by atoms with Crippen LogP contribution in [0.5, 0.6) is 0 Å². The number of benzene rings is 1. The van der Waals surface area contributed by atoms with Gasteiger partial charge in [0.05, 0.1) is 27.7 Å². The molecular formula is C12H7BrN2O6. The lowest BCUT2D eigenvalue weighted by molar-refractivity contribution is -0.394. The molecule has 0 aliphatic rings. The maximum absolute atomic E-state index is 12.1. The minimum absolute atomic E-state index is 0.0204. The largest absolute Gasteiger partial charge is 0.461 e. The fourth-order valence-electron chi connectivity index (χ4n) is 1.70. The van der Waals surface area contributed by atoms with Gasteiger partial charge in [0.15, 0.2) is 5.76 Å². The van der Waals surface area contributed by atoms with Gasteiger partial charge in [-0.3, -0.25) is 25.0 Å². The van der Waals surface area contributed by atoms with Crippen molar-refractivity contribution in [2.24, 2.45) is 0 Å². The Morgan fingerprint density at radius 2 is 1.90 bits per heavy atom. The van der Waals surface area contributed by atoms with Gasteiger partial charge in [-0.05, 0) is 18.2 Å². The smallest absolute Gasteiger partial charge is 0.281 e. The monoisotopic (exact) mass is 354 g/mol. The second-order valence-electron chi connectivity index (χ2n) is 3.96. The number of hydrogen-bond donors (Lipinski definition) is 0. The summed E-state index contributed by atoms with van der Waals surface area (Å²) in [5, 5.41) is 21.7. The van der Waals surface area contributed by atoms with E-state index in [0.717, 1.165) is 12.1 Å². The first-order chi connectivity index (χ1) is 9.91. The van der Waals surface area contributed by atoms with E-state index in [-0.39, 0.29) is 11.3 Å². The summed E-state index contributed by atoms with van der Waals surface area (Å²) in [4.78, 5) is 31.3. The van der Waals surface area contributed by atoms with E-state index in [1.54, 1.807) is 0 Å². The Morgan fingerprint density at radius 3 is 2.43 bits per heavy atom. The summed E-state index contributed by atoms with van der Waals surface area (Å²) < 4.78 is 4.94. The van der Waals surface area contributed by atoms with Crippen LogP contribution in [0, 0.1) is 20.2 Å². The lowest BCUT2D eigenvalue weighted by Crippen LogP contribution is -2.08. The second kappa shape index (κ2) is 5.83. The molecule has 0 radical (unpaired) electrons. The number of alkyl halides is 1. The molecule has 1 unspecified atom stereocenters. The van der Waals surface area contributed by atoms with Crippen molar-refractivity contribution in [3.05, 3.63) is 68.1 Å². The standard InChI is InChI=1S/C12H7BrN2O6/c13-11(12(16)10-2-1-5-21-10)8-4-3-7(14(17)18)6-9(8)15(19)20/h1-6,11H. The van der Waals surface area contributed by atoms with E-state index in [1.165, 1.54) is 24.5 Å². The van der Waals surface area contributed by atoms with Crippen LogP contribution in [-0.4, -0.2) is 15.6 Å². The Balaban J connectivity index is 2.45. The number of nitrogens with zero attached hydrogens (tertiary/aromatic N) is 2. The van der Waals surface area contributed by atoms with Crippen LogP contribution in [0.1, 0.15) is 20.9 Å². The molecule has 9 heteroatoms. The molecule has 2 aromatic rings. The highest BCUT2D eigenvalue weighted by atomic mass is 79.9. The van der Waals surface area contributed by atoms with Crippen molar-refractivity contribution in [1.29, 1.82) is 0 Å². The SMILES string of the molecule is O=C(c1ccco1)C(Br)c1ccc([N+](=O)[O-])cc1[N+](=O)[O-]. The van der Waals surface area contributed by atoms with Crippen molar-refractivity contribution in [3.8, 4) is 0 Å². The van der Waals surface area contributed by atoms with Crippen LogP contribution in [-0.2, 0) is 0 Å². The maximum Gasteiger partial charge on any atom is 0.281 e. The molecule has 0 fully saturated rings. The van der Waals surface area contributed by atoms with Crippen LogP contribution < -0.4 is 0 Å². The summed E-state index contributed by atoms with van der Waals surface area (Å²) in [7, 11) is 0. The molecule has 0 aliphatic carbocycles. The predicted molar refractivity (Wildman–Crippen MR) is 74.5 cm³/mol. The number of furan rings is 1. The Morgan fingerprint density at radius 1 is 1.19 bits per heavy atom. The summed E-state index contributed by atoms with van der Waals surface area (Å²) in [5.41, 5.74) is -0.909. The van der Waals surface area contributed by atoms with E-state index < -0.39 is 31.8 Å². The maximum atomic E-state index is 12.1. The first-order valence-electron chi connectivity index (χ1n) is 5.56. The molecule has 0 spiro atoms. The van der Waals surface area contributed by atoms with Crippen LogP contribution in [0.2, 0.25) is 0 Å². The zero-order chi connectivity index (χ0) is 15.6. The lowest BCUT2D eigenvalue weighted by Gasteiger charge is -2.08. The Labute approximate surface area is 125 Å². The van der Waals surface area contributed by atoms with Gasteiger partial charge < -0.3 is 4.42 Å². The van der Waals surface area contributed by atoms with E-state index >= 15 is 0 Å². The molecule has 0 saturated carbocycles. The van der Waals surface area contributed by atoms with Crippen LogP contribution in [0.3, 0.4) is 0 Å². The number of carbonyl (C=O) groups is 1. The zero-order valence-electron chi connectivity index (χ0n) is 10.3. The molecule has 1 aromatic heterocycles. The molecule has 0 saturated heterocycles. The van der Waals surface area contributed by atoms with Gasteiger partial charge in [0.1, 0.15) is 4.83 Å². The minimum Gasteiger partial charge on any atom is -0.461 e. The van der Waals surface area contributed by atoms with E-state index in [0.29, 0.717) is 0 Å². The average Bonchev–Trinajstić information content (AvgIpc) is 2.99. The van der Waals surface area contributed by atoms with Gasteiger partial charge in [-0.1, -0.05) is 15.9 Å². The molecule has 0 bridgehead atoms. The molecular weight excluding hydrogens is 348 g/mol.